The number of nitrogens with zero attached hydrogens (tertiary/aromatic N) is 1. The van der Waals surface area contributed by atoms with E-state index in [-0.39, 0.29) is 11.5 Å². The van der Waals surface area contributed by atoms with Gasteiger partial charge in [0, 0.05) is 24.5 Å². The maximum atomic E-state index is 11.2. The molecule has 1 aliphatic rings. The van der Waals surface area contributed by atoms with Crippen molar-refractivity contribution in [3.05, 3.63) is 24.3 Å². The van der Waals surface area contributed by atoms with E-state index in [4.69, 9.17) is 5.73 Å². The number of hydrogen-bond donors (Lipinski definition) is 1. The van der Waals surface area contributed by atoms with Crippen LogP contribution in [0, 0.1) is 0 Å². The number of nitrogen functional groups attached to an aromatic ring is 1. The van der Waals surface area contributed by atoms with Crippen LogP contribution in [0.25, 0.3) is 0 Å². The van der Waals surface area contributed by atoms with Gasteiger partial charge in [-0.15, -0.1) is 0 Å². The van der Waals surface area contributed by atoms with Crippen LogP contribution in [-0.4, -0.2) is 33.0 Å². The quantitative estimate of drug-likeness (QED) is 0.708. The molecular weight excluding hydrogens is 212 g/mol. The zero-order valence-corrected chi connectivity index (χ0v) is 9.20. The molecule has 0 amide bonds. The minimum atomic E-state index is -2.81. The summed E-state index contributed by atoms with van der Waals surface area (Å²) in [5.74, 6) is 0.476. The number of benzene rings is 1. The van der Waals surface area contributed by atoms with Crippen molar-refractivity contribution in [2.24, 2.45) is 0 Å². The molecule has 0 radical (unpaired) electrons. The summed E-state index contributed by atoms with van der Waals surface area (Å²) in [4.78, 5) is 2.05. The molecule has 0 aromatic heterocycles. The van der Waals surface area contributed by atoms with Gasteiger partial charge in [-0.1, -0.05) is 6.07 Å². The Balaban J connectivity index is 2.14. The van der Waals surface area contributed by atoms with Gasteiger partial charge >= 0.3 is 0 Å². The summed E-state index contributed by atoms with van der Waals surface area (Å²) in [5.41, 5.74) is 7.39. The van der Waals surface area contributed by atoms with Crippen LogP contribution in [0.3, 0.4) is 0 Å². The van der Waals surface area contributed by atoms with Gasteiger partial charge in [0.05, 0.1) is 11.5 Å². The molecule has 0 spiro atoms. The Labute approximate surface area is 89.6 Å². The minimum Gasteiger partial charge on any atom is -0.399 e. The van der Waals surface area contributed by atoms with Crippen molar-refractivity contribution < 1.29 is 8.42 Å². The predicted octanol–water partition coefficient (Wildman–Crippen LogP) is 0.504. The smallest absolute Gasteiger partial charge is 0.153 e. The highest BCUT2D eigenvalue weighted by Crippen LogP contribution is 2.19. The summed E-state index contributed by atoms with van der Waals surface area (Å²) >= 11 is 0. The number of hydrogen-bond acceptors (Lipinski definition) is 4. The first-order valence-corrected chi connectivity index (χ1v) is 6.70. The summed E-state index contributed by atoms with van der Waals surface area (Å²) in [6.45, 7) is 1.12. The largest absolute Gasteiger partial charge is 0.399 e. The summed E-state index contributed by atoms with van der Waals surface area (Å²) < 4.78 is 22.5. The van der Waals surface area contributed by atoms with Crippen molar-refractivity contribution in [1.29, 1.82) is 0 Å². The van der Waals surface area contributed by atoms with Gasteiger partial charge < -0.3 is 10.6 Å². The summed E-state index contributed by atoms with van der Waals surface area (Å²) in [6.07, 6.45) is 0. The van der Waals surface area contributed by atoms with Crippen molar-refractivity contribution in [3.8, 4) is 0 Å². The lowest BCUT2D eigenvalue weighted by Gasteiger charge is -2.28. The second-order valence-corrected chi connectivity index (χ2v) is 6.04. The molecule has 0 bridgehead atoms. The number of nitrogens with two attached hydrogens (primary N) is 1. The van der Waals surface area contributed by atoms with E-state index in [0.29, 0.717) is 18.8 Å². The van der Waals surface area contributed by atoms with Gasteiger partial charge in [0.15, 0.2) is 9.84 Å². The third-order valence-corrected chi connectivity index (χ3v) is 4.19. The van der Waals surface area contributed by atoms with E-state index in [9.17, 15) is 8.42 Å². The first-order valence-electron chi connectivity index (χ1n) is 4.88. The van der Waals surface area contributed by atoms with Crippen molar-refractivity contribution in [3.63, 3.8) is 0 Å². The Hall–Kier alpha value is -1.23. The topological polar surface area (TPSA) is 63.4 Å². The van der Waals surface area contributed by atoms with Crippen LogP contribution in [0.15, 0.2) is 24.3 Å². The summed E-state index contributed by atoms with van der Waals surface area (Å²) in [5, 5.41) is 0. The molecule has 5 heteroatoms. The Kier molecular flexibility index (Phi) is 2.56. The van der Waals surface area contributed by atoms with Crippen LogP contribution in [0.5, 0.6) is 0 Å². The van der Waals surface area contributed by atoms with Crippen molar-refractivity contribution in [1.82, 2.24) is 0 Å². The lowest BCUT2D eigenvalue weighted by molar-refractivity contribution is 0.587. The first-order chi connectivity index (χ1) is 7.07. The Morgan fingerprint density at radius 3 is 2.47 bits per heavy atom. The Bertz CT molecular complexity index is 442. The van der Waals surface area contributed by atoms with Crippen LogP contribution in [0.2, 0.25) is 0 Å². The molecule has 1 aliphatic heterocycles. The zero-order chi connectivity index (χ0) is 10.9. The predicted molar refractivity (Wildman–Crippen MR) is 61.7 cm³/mol. The van der Waals surface area contributed by atoms with Gasteiger partial charge in [0.1, 0.15) is 0 Å². The highest BCUT2D eigenvalue weighted by molar-refractivity contribution is 7.91. The van der Waals surface area contributed by atoms with E-state index in [1.54, 1.807) is 0 Å². The van der Waals surface area contributed by atoms with Gasteiger partial charge in [-0.05, 0) is 18.2 Å². The Morgan fingerprint density at radius 2 is 1.87 bits per heavy atom. The average molecular weight is 226 g/mol. The number of anilines is 2. The Morgan fingerprint density at radius 1 is 1.20 bits per heavy atom. The van der Waals surface area contributed by atoms with Crippen LogP contribution in [0.1, 0.15) is 0 Å². The van der Waals surface area contributed by atoms with Gasteiger partial charge in [0.25, 0.3) is 0 Å². The first kappa shape index (κ1) is 10.3. The van der Waals surface area contributed by atoms with Crippen molar-refractivity contribution in [2.75, 3.05) is 35.2 Å². The standard InChI is InChI=1S/C10H14N2O2S/c11-9-2-1-3-10(8-9)12-4-6-15(13,14)7-5-12/h1-3,8H,4-7,11H2. The van der Waals surface area contributed by atoms with E-state index in [1.165, 1.54) is 0 Å². The van der Waals surface area contributed by atoms with E-state index in [1.807, 2.05) is 24.3 Å². The fraction of sp³-hybridized carbons (Fsp3) is 0.400. The van der Waals surface area contributed by atoms with Crippen molar-refractivity contribution in [2.45, 2.75) is 0 Å². The van der Waals surface area contributed by atoms with Crippen LogP contribution in [-0.2, 0) is 9.84 Å². The molecule has 1 fully saturated rings. The lowest BCUT2D eigenvalue weighted by atomic mass is 10.2. The van der Waals surface area contributed by atoms with Crippen LogP contribution < -0.4 is 10.6 Å². The molecule has 15 heavy (non-hydrogen) atoms. The number of rotatable bonds is 1. The summed E-state index contributed by atoms with van der Waals surface area (Å²) in [6, 6.07) is 7.53. The minimum absolute atomic E-state index is 0.238. The number of sulfone groups is 1. The van der Waals surface area contributed by atoms with Crippen LogP contribution >= 0.6 is 0 Å². The van der Waals surface area contributed by atoms with E-state index in [0.717, 1.165) is 5.69 Å². The third kappa shape index (κ3) is 2.41. The van der Waals surface area contributed by atoms with Gasteiger partial charge in [0.2, 0.25) is 0 Å². The fourth-order valence-electron chi connectivity index (χ4n) is 1.69. The van der Waals surface area contributed by atoms with Gasteiger partial charge in [-0.2, -0.15) is 0 Å². The van der Waals surface area contributed by atoms with E-state index >= 15 is 0 Å². The van der Waals surface area contributed by atoms with E-state index < -0.39 is 9.84 Å². The third-order valence-electron chi connectivity index (χ3n) is 2.58. The van der Waals surface area contributed by atoms with Gasteiger partial charge in [-0.25, -0.2) is 8.42 Å². The van der Waals surface area contributed by atoms with Crippen LogP contribution in [0.4, 0.5) is 11.4 Å². The molecule has 0 atom stereocenters. The SMILES string of the molecule is Nc1cccc(N2CCS(=O)(=O)CC2)c1. The molecule has 0 aliphatic carbocycles. The molecule has 1 heterocycles. The molecule has 82 valence electrons. The molecule has 0 unspecified atom stereocenters. The van der Waals surface area contributed by atoms with Crippen molar-refractivity contribution >= 4 is 21.2 Å². The maximum Gasteiger partial charge on any atom is 0.153 e. The van der Waals surface area contributed by atoms with E-state index in [2.05, 4.69) is 4.90 Å². The molecule has 1 aromatic rings. The highest BCUT2D eigenvalue weighted by atomic mass is 32.2. The highest BCUT2D eigenvalue weighted by Gasteiger charge is 2.21. The summed E-state index contributed by atoms with van der Waals surface area (Å²) in [7, 11) is -2.81. The zero-order valence-electron chi connectivity index (χ0n) is 8.39. The van der Waals surface area contributed by atoms with Gasteiger partial charge in [-0.3, -0.25) is 0 Å². The molecule has 2 rings (SSSR count). The molecule has 2 N–H and O–H groups in total. The lowest BCUT2D eigenvalue weighted by Crippen LogP contribution is -2.40. The normalized spacial score (nSPS) is 20.1. The molecular formula is C10H14N2O2S. The second kappa shape index (κ2) is 3.73. The molecule has 4 nitrogen and oxygen atoms in total. The average Bonchev–Trinajstić information content (AvgIpc) is 2.17. The molecule has 0 saturated carbocycles. The second-order valence-electron chi connectivity index (χ2n) is 3.73. The molecule has 1 saturated heterocycles. The monoisotopic (exact) mass is 226 g/mol. The maximum absolute atomic E-state index is 11.2. The fourth-order valence-corrected chi connectivity index (χ4v) is 2.89. The molecule has 1 aromatic carbocycles.